The fraction of sp³-hybridized carbons (Fsp3) is 0.450. The molecule has 0 aliphatic heterocycles. The van der Waals surface area contributed by atoms with Crippen LogP contribution in [0, 0.1) is 5.92 Å². The monoisotopic (exact) mass is 417 g/mol. The highest BCUT2D eigenvalue weighted by atomic mass is 32.1. The number of hydrogen-bond donors (Lipinski definition) is 3. The third-order valence-electron chi connectivity index (χ3n) is 4.50. The Balaban J connectivity index is 2.18. The molecule has 9 heteroatoms. The SMILES string of the molecule is CC[C@H](NC(C)=O)C(=O)CC(CCCN=C(N)N)C(=O)c1nc2ccccc2s1. The largest absolute Gasteiger partial charge is 0.370 e. The number of thiazole rings is 1. The number of nitrogens with zero attached hydrogens (tertiary/aromatic N) is 2. The number of ketones is 2. The van der Waals surface area contributed by atoms with Gasteiger partial charge in [-0.2, -0.15) is 0 Å². The fourth-order valence-electron chi connectivity index (χ4n) is 3.06. The van der Waals surface area contributed by atoms with Gasteiger partial charge in [-0.1, -0.05) is 19.1 Å². The van der Waals surface area contributed by atoms with E-state index in [9.17, 15) is 14.4 Å². The standard InChI is InChI=1S/C20H27N5O3S/c1-3-14(24-12(2)26)16(27)11-13(7-6-10-23-20(21)22)18(28)19-25-15-8-4-5-9-17(15)29-19/h4-5,8-9,13-14H,3,6-7,10-11H2,1-2H3,(H,24,26)(H4,21,22,23)/t13?,14-/m0/s1. The van der Waals surface area contributed by atoms with Gasteiger partial charge in [-0.25, -0.2) is 4.98 Å². The van der Waals surface area contributed by atoms with Crippen molar-refractivity contribution in [3.63, 3.8) is 0 Å². The van der Waals surface area contributed by atoms with Crippen molar-refractivity contribution in [1.29, 1.82) is 0 Å². The summed E-state index contributed by atoms with van der Waals surface area (Å²) in [6, 6.07) is 6.92. The van der Waals surface area contributed by atoms with E-state index in [1.807, 2.05) is 31.2 Å². The molecule has 1 heterocycles. The number of hydrogen-bond acceptors (Lipinski definition) is 6. The van der Waals surface area contributed by atoms with Crippen molar-refractivity contribution in [1.82, 2.24) is 10.3 Å². The molecule has 2 rings (SSSR count). The van der Waals surface area contributed by atoms with Gasteiger partial charge in [-0.05, 0) is 31.4 Å². The Bertz CT molecular complexity index is 871. The second-order valence-corrected chi connectivity index (χ2v) is 7.86. The molecule has 8 nitrogen and oxygen atoms in total. The number of carbonyl (C=O) groups is 3. The number of guanidine groups is 1. The van der Waals surface area contributed by atoms with Gasteiger partial charge >= 0.3 is 0 Å². The maximum Gasteiger partial charge on any atom is 0.217 e. The van der Waals surface area contributed by atoms with Crippen LogP contribution in [0.2, 0.25) is 0 Å². The Morgan fingerprint density at radius 2 is 1.97 bits per heavy atom. The van der Waals surface area contributed by atoms with Crippen LogP contribution in [-0.4, -0.2) is 41.0 Å². The lowest BCUT2D eigenvalue weighted by Crippen LogP contribution is -2.40. The summed E-state index contributed by atoms with van der Waals surface area (Å²) in [5.74, 6) is -1.15. The van der Waals surface area contributed by atoms with Crippen molar-refractivity contribution in [3.8, 4) is 0 Å². The van der Waals surface area contributed by atoms with Crippen LogP contribution in [0.5, 0.6) is 0 Å². The molecule has 0 fully saturated rings. The number of rotatable bonds is 11. The highest BCUT2D eigenvalue weighted by Gasteiger charge is 2.28. The van der Waals surface area contributed by atoms with Gasteiger partial charge in [0.25, 0.3) is 0 Å². The summed E-state index contributed by atoms with van der Waals surface area (Å²) in [6.45, 7) is 3.57. The van der Waals surface area contributed by atoms with Crippen molar-refractivity contribution >= 4 is 45.0 Å². The first-order valence-corrected chi connectivity index (χ1v) is 10.4. The lowest BCUT2D eigenvalue weighted by molar-refractivity contribution is -0.127. The zero-order valence-electron chi connectivity index (χ0n) is 16.7. The molecule has 1 unspecified atom stereocenters. The predicted octanol–water partition coefficient (Wildman–Crippen LogP) is 2.02. The Hall–Kier alpha value is -2.81. The third kappa shape index (κ3) is 6.63. The Kier molecular flexibility index (Phi) is 8.26. The van der Waals surface area contributed by atoms with Gasteiger partial charge < -0.3 is 16.8 Å². The normalized spacial score (nSPS) is 12.9. The topological polar surface area (TPSA) is 141 Å². The van der Waals surface area contributed by atoms with Crippen LogP contribution in [0.25, 0.3) is 10.2 Å². The molecular weight excluding hydrogens is 390 g/mol. The van der Waals surface area contributed by atoms with Crippen molar-refractivity contribution in [2.24, 2.45) is 22.4 Å². The molecule has 156 valence electrons. The Morgan fingerprint density at radius 1 is 1.24 bits per heavy atom. The number of benzene rings is 1. The van der Waals surface area contributed by atoms with E-state index in [4.69, 9.17) is 11.5 Å². The van der Waals surface area contributed by atoms with Crippen molar-refractivity contribution < 1.29 is 14.4 Å². The minimum absolute atomic E-state index is 0.00756. The maximum absolute atomic E-state index is 13.1. The van der Waals surface area contributed by atoms with E-state index in [2.05, 4.69) is 15.3 Å². The second-order valence-electron chi connectivity index (χ2n) is 6.83. The summed E-state index contributed by atoms with van der Waals surface area (Å²) in [6.07, 6.45) is 1.51. The average Bonchev–Trinajstić information content (AvgIpc) is 3.11. The lowest BCUT2D eigenvalue weighted by atomic mass is 9.90. The molecule has 5 N–H and O–H groups in total. The van der Waals surface area contributed by atoms with Gasteiger partial charge in [-0.3, -0.25) is 19.4 Å². The molecule has 1 amide bonds. The van der Waals surface area contributed by atoms with Gasteiger partial charge in [0.1, 0.15) is 0 Å². The number of para-hydroxylation sites is 1. The zero-order chi connectivity index (χ0) is 21.4. The van der Waals surface area contributed by atoms with Gasteiger partial charge in [-0.15, -0.1) is 11.3 Å². The van der Waals surface area contributed by atoms with E-state index in [1.165, 1.54) is 18.3 Å². The quantitative estimate of drug-likeness (QED) is 0.221. The minimum atomic E-state index is -0.601. The number of aliphatic imine (C=N–C) groups is 1. The number of aromatic nitrogens is 1. The number of Topliss-reactive ketones (excluding diaryl/α,β-unsaturated/α-hetero) is 2. The average molecular weight is 418 g/mol. The Labute approximate surface area is 173 Å². The molecular formula is C20H27N5O3S. The van der Waals surface area contributed by atoms with Crippen molar-refractivity contribution in [2.75, 3.05) is 6.54 Å². The summed E-state index contributed by atoms with van der Waals surface area (Å²) in [5, 5.41) is 3.04. The van der Waals surface area contributed by atoms with Crippen LogP contribution < -0.4 is 16.8 Å². The highest BCUT2D eigenvalue weighted by molar-refractivity contribution is 7.20. The maximum atomic E-state index is 13.1. The van der Waals surface area contributed by atoms with E-state index >= 15 is 0 Å². The van der Waals surface area contributed by atoms with Crippen LogP contribution >= 0.6 is 11.3 Å². The van der Waals surface area contributed by atoms with Crippen LogP contribution in [0.4, 0.5) is 0 Å². The summed E-state index contributed by atoms with van der Waals surface area (Å²) in [5.41, 5.74) is 11.5. The predicted molar refractivity (Wildman–Crippen MR) is 115 cm³/mol. The van der Waals surface area contributed by atoms with Crippen LogP contribution in [-0.2, 0) is 9.59 Å². The molecule has 0 spiro atoms. The smallest absolute Gasteiger partial charge is 0.217 e. The van der Waals surface area contributed by atoms with Gasteiger partial charge in [0.15, 0.2) is 22.5 Å². The van der Waals surface area contributed by atoms with E-state index in [0.29, 0.717) is 30.8 Å². The molecule has 29 heavy (non-hydrogen) atoms. The zero-order valence-corrected chi connectivity index (χ0v) is 17.5. The van der Waals surface area contributed by atoms with E-state index in [-0.39, 0.29) is 29.9 Å². The molecule has 0 radical (unpaired) electrons. The first-order valence-electron chi connectivity index (χ1n) is 9.56. The summed E-state index contributed by atoms with van der Waals surface area (Å²) >= 11 is 1.32. The Morgan fingerprint density at radius 3 is 2.59 bits per heavy atom. The summed E-state index contributed by atoms with van der Waals surface area (Å²) in [4.78, 5) is 45.6. The molecule has 0 saturated carbocycles. The molecule has 2 aromatic rings. The first-order chi connectivity index (χ1) is 13.8. The molecule has 0 aliphatic carbocycles. The van der Waals surface area contributed by atoms with Crippen LogP contribution in [0.15, 0.2) is 29.3 Å². The van der Waals surface area contributed by atoms with Crippen molar-refractivity contribution in [3.05, 3.63) is 29.3 Å². The summed E-state index contributed by atoms with van der Waals surface area (Å²) < 4.78 is 0.922. The van der Waals surface area contributed by atoms with Crippen LogP contribution in [0.3, 0.4) is 0 Å². The summed E-state index contributed by atoms with van der Waals surface area (Å²) in [7, 11) is 0. The third-order valence-corrected chi connectivity index (χ3v) is 5.55. The first kappa shape index (κ1) is 22.5. The number of fused-ring (bicyclic) bond motifs is 1. The van der Waals surface area contributed by atoms with E-state index in [1.54, 1.807) is 0 Å². The number of carbonyl (C=O) groups excluding carboxylic acids is 3. The highest BCUT2D eigenvalue weighted by Crippen LogP contribution is 2.27. The number of nitrogens with two attached hydrogens (primary N) is 2. The van der Waals surface area contributed by atoms with Gasteiger partial charge in [0.05, 0.1) is 16.3 Å². The molecule has 0 aliphatic rings. The van der Waals surface area contributed by atoms with Gasteiger partial charge in [0, 0.05) is 25.8 Å². The van der Waals surface area contributed by atoms with Gasteiger partial charge in [0.2, 0.25) is 5.91 Å². The van der Waals surface area contributed by atoms with E-state index < -0.39 is 12.0 Å². The van der Waals surface area contributed by atoms with Crippen LogP contribution in [0.1, 0.15) is 49.3 Å². The molecule has 2 atom stereocenters. The fourth-order valence-corrected chi connectivity index (χ4v) is 4.05. The minimum Gasteiger partial charge on any atom is -0.370 e. The molecule has 1 aromatic carbocycles. The molecule has 0 saturated heterocycles. The molecule has 1 aromatic heterocycles. The number of amides is 1. The number of nitrogens with one attached hydrogen (secondary N) is 1. The molecule has 0 bridgehead atoms. The lowest BCUT2D eigenvalue weighted by Gasteiger charge is -2.19. The van der Waals surface area contributed by atoms with Crippen molar-refractivity contribution in [2.45, 2.75) is 45.6 Å². The second kappa shape index (κ2) is 10.7. The van der Waals surface area contributed by atoms with E-state index in [0.717, 1.165) is 10.2 Å².